The first-order valence-electron chi connectivity index (χ1n) is 7.63. The molecular formula is C16H16N4O3S4. The first kappa shape index (κ1) is 19.9. The van der Waals surface area contributed by atoms with Gasteiger partial charge in [-0.15, -0.1) is 21.5 Å². The molecule has 0 unspecified atom stereocenters. The van der Waals surface area contributed by atoms with Crippen LogP contribution in [0.1, 0.15) is 5.69 Å². The van der Waals surface area contributed by atoms with Crippen LogP contribution in [0.4, 0.5) is 0 Å². The van der Waals surface area contributed by atoms with Gasteiger partial charge in [0.1, 0.15) is 5.01 Å². The van der Waals surface area contributed by atoms with E-state index in [2.05, 4.69) is 15.2 Å². The lowest BCUT2D eigenvalue weighted by Gasteiger charge is -2.08. The number of thioether (sulfide) groups is 2. The van der Waals surface area contributed by atoms with Crippen molar-refractivity contribution in [2.24, 2.45) is 5.73 Å². The zero-order valence-corrected chi connectivity index (χ0v) is 17.8. The van der Waals surface area contributed by atoms with Gasteiger partial charge < -0.3 is 15.2 Å². The van der Waals surface area contributed by atoms with Crippen molar-refractivity contribution in [3.8, 4) is 22.1 Å². The highest BCUT2D eigenvalue weighted by Gasteiger charge is 2.11. The van der Waals surface area contributed by atoms with Gasteiger partial charge in [-0.1, -0.05) is 34.9 Å². The maximum atomic E-state index is 10.8. The van der Waals surface area contributed by atoms with E-state index in [0.29, 0.717) is 17.3 Å². The predicted molar refractivity (Wildman–Crippen MR) is 110 cm³/mol. The lowest BCUT2D eigenvalue weighted by Crippen LogP contribution is -2.12. The summed E-state index contributed by atoms with van der Waals surface area (Å²) in [7, 11) is 3.23. The normalized spacial score (nSPS) is 10.7. The minimum Gasteiger partial charge on any atom is -0.493 e. The summed E-state index contributed by atoms with van der Waals surface area (Å²) in [5, 5.41) is 11.1. The summed E-state index contributed by atoms with van der Waals surface area (Å²) in [5.41, 5.74) is 7.09. The molecule has 0 atom stereocenters. The standard InChI is InChI=1S/C16H16N4O3S4/c1-22-11-4-3-9(5-12(11)23-2)14-18-10(6-24-14)7-25-15-19-20-16(27-15)26-8-13(17)21/h3-6H,7-8H2,1-2H3,(H2,17,21). The molecule has 3 rings (SSSR count). The van der Waals surface area contributed by atoms with E-state index in [1.165, 1.54) is 23.1 Å². The number of thiazole rings is 1. The van der Waals surface area contributed by atoms with E-state index in [9.17, 15) is 4.79 Å². The minimum absolute atomic E-state index is 0.208. The average Bonchev–Trinajstić information content (AvgIpc) is 3.33. The number of rotatable bonds is 9. The van der Waals surface area contributed by atoms with Crippen molar-refractivity contribution in [1.82, 2.24) is 15.2 Å². The van der Waals surface area contributed by atoms with Crippen LogP contribution in [0.15, 0.2) is 32.3 Å². The Labute approximate surface area is 172 Å². The molecule has 0 radical (unpaired) electrons. The van der Waals surface area contributed by atoms with Crippen LogP contribution >= 0.6 is 46.2 Å². The van der Waals surface area contributed by atoms with Gasteiger partial charge in [0.2, 0.25) is 5.91 Å². The molecule has 1 amide bonds. The summed E-state index contributed by atoms with van der Waals surface area (Å²) in [6.45, 7) is 0. The summed E-state index contributed by atoms with van der Waals surface area (Å²) >= 11 is 5.89. The first-order chi connectivity index (χ1) is 13.1. The second-order valence-corrected chi connectivity index (χ2v) is 9.37. The Hall–Kier alpha value is -1.82. The van der Waals surface area contributed by atoms with Gasteiger partial charge in [0.15, 0.2) is 20.2 Å². The zero-order valence-electron chi connectivity index (χ0n) is 14.5. The third-order valence-corrected chi connectivity index (χ3v) is 7.44. The van der Waals surface area contributed by atoms with Crippen molar-refractivity contribution < 1.29 is 14.3 Å². The van der Waals surface area contributed by atoms with Gasteiger partial charge in [-0.25, -0.2) is 4.98 Å². The molecule has 0 saturated heterocycles. The molecule has 7 nitrogen and oxygen atoms in total. The van der Waals surface area contributed by atoms with Crippen LogP contribution in [-0.2, 0) is 10.5 Å². The topological polar surface area (TPSA) is 100 Å². The van der Waals surface area contributed by atoms with Crippen molar-refractivity contribution in [3.05, 3.63) is 29.3 Å². The zero-order chi connectivity index (χ0) is 19.2. The maximum Gasteiger partial charge on any atom is 0.227 e. The Morgan fingerprint density at radius 1 is 1.15 bits per heavy atom. The van der Waals surface area contributed by atoms with Gasteiger partial charge in [0, 0.05) is 16.7 Å². The molecule has 0 aliphatic heterocycles. The summed E-state index contributed by atoms with van der Waals surface area (Å²) in [6, 6.07) is 5.75. The van der Waals surface area contributed by atoms with Crippen molar-refractivity contribution in [1.29, 1.82) is 0 Å². The monoisotopic (exact) mass is 440 g/mol. The Morgan fingerprint density at radius 2 is 1.89 bits per heavy atom. The summed E-state index contributed by atoms with van der Waals surface area (Å²) < 4.78 is 12.2. The van der Waals surface area contributed by atoms with E-state index in [4.69, 9.17) is 15.2 Å². The van der Waals surface area contributed by atoms with Crippen LogP contribution in [-0.4, -0.2) is 41.1 Å². The molecule has 1 aromatic carbocycles. The highest BCUT2D eigenvalue weighted by Crippen LogP contribution is 2.35. The van der Waals surface area contributed by atoms with E-state index in [-0.39, 0.29) is 11.7 Å². The molecule has 0 fully saturated rings. The molecule has 2 heterocycles. The second kappa shape index (κ2) is 9.40. The fraction of sp³-hybridized carbons (Fsp3) is 0.250. The third-order valence-electron chi connectivity index (χ3n) is 3.25. The summed E-state index contributed by atoms with van der Waals surface area (Å²) in [6.07, 6.45) is 0. The molecule has 27 heavy (non-hydrogen) atoms. The summed E-state index contributed by atoms with van der Waals surface area (Å²) in [5.74, 6) is 1.90. The minimum atomic E-state index is -0.366. The quantitative estimate of drug-likeness (QED) is 0.504. The fourth-order valence-electron chi connectivity index (χ4n) is 2.06. The highest BCUT2D eigenvalue weighted by molar-refractivity contribution is 8.03. The molecule has 2 aromatic heterocycles. The van der Waals surface area contributed by atoms with Crippen molar-refractivity contribution >= 4 is 52.1 Å². The van der Waals surface area contributed by atoms with E-state index in [1.807, 2.05) is 23.6 Å². The van der Waals surface area contributed by atoms with Crippen molar-refractivity contribution in [3.63, 3.8) is 0 Å². The van der Waals surface area contributed by atoms with Crippen molar-refractivity contribution in [2.75, 3.05) is 20.0 Å². The van der Waals surface area contributed by atoms with Gasteiger partial charge in [-0.3, -0.25) is 4.79 Å². The SMILES string of the molecule is COc1ccc(-c2nc(CSc3nnc(SCC(N)=O)s3)cs2)cc1OC. The van der Waals surface area contributed by atoms with Gasteiger partial charge in [-0.05, 0) is 18.2 Å². The lowest BCUT2D eigenvalue weighted by atomic mass is 10.2. The van der Waals surface area contributed by atoms with E-state index in [0.717, 1.165) is 24.9 Å². The smallest absolute Gasteiger partial charge is 0.227 e. The molecular weight excluding hydrogens is 424 g/mol. The summed E-state index contributed by atoms with van der Waals surface area (Å²) in [4.78, 5) is 15.5. The van der Waals surface area contributed by atoms with Crippen LogP contribution < -0.4 is 15.2 Å². The molecule has 11 heteroatoms. The number of ether oxygens (including phenoxy) is 2. The van der Waals surface area contributed by atoms with Gasteiger partial charge >= 0.3 is 0 Å². The van der Waals surface area contributed by atoms with Crippen molar-refractivity contribution in [2.45, 2.75) is 14.4 Å². The maximum absolute atomic E-state index is 10.8. The number of aromatic nitrogens is 3. The van der Waals surface area contributed by atoms with E-state index < -0.39 is 0 Å². The number of carbonyl (C=O) groups excluding carboxylic acids is 1. The Kier molecular flexibility index (Phi) is 6.94. The van der Waals surface area contributed by atoms with E-state index >= 15 is 0 Å². The molecule has 142 valence electrons. The molecule has 2 N–H and O–H groups in total. The van der Waals surface area contributed by atoms with Gasteiger partial charge in [-0.2, -0.15) is 0 Å². The van der Waals surface area contributed by atoms with Crippen LogP contribution in [0, 0.1) is 0 Å². The number of carbonyl (C=O) groups is 1. The number of hydrogen-bond acceptors (Lipinski definition) is 10. The number of nitrogens with zero attached hydrogens (tertiary/aromatic N) is 3. The van der Waals surface area contributed by atoms with Crippen LogP contribution in [0.3, 0.4) is 0 Å². The molecule has 0 saturated carbocycles. The third kappa shape index (κ3) is 5.34. The molecule has 0 bridgehead atoms. The largest absolute Gasteiger partial charge is 0.493 e. The molecule has 0 aliphatic rings. The highest BCUT2D eigenvalue weighted by atomic mass is 32.2. The number of amides is 1. The Balaban J connectivity index is 1.62. The Bertz CT molecular complexity index is 928. The predicted octanol–water partition coefficient (Wildman–Crippen LogP) is 3.55. The van der Waals surface area contributed by atoms with Gasteiger partial charge in [0.25, 0.3) is 0 Å². The number of methoxy groups -OCH3 is 2. The fourth-order valence-corrected chi connectivity index (χ4v) is 5.63. The number of nitrogens with two attached hydrogens (primary N) is 1. The number of benzene rings is 1. The van der Waals surface area contributed by atoms with Crippen LogP contribution in [0.5, 0.6) is 11.5 Å². The van der Waals surface area contributed by atoms with Crippen LogP contribution in [0.25, 0.3) is 10.6 Å². The molecule has 0 spiro atoms. The Morgan fingerprint density at radius 3 is 2.59 bits per heavy atom. The molecule has 0 aliphatic carbocycles. The molecule has 3 aromatic rings. The lowest BCUT2D eigenvalue weighted by molar-refractivity contribution is -0.115. The number of hydrogen-bond donors (Lipinski definition) is 1. The average molecular weight is 441 g/mol. The van der Waals surface area contributed by atoms with Gasteiger partial charge in [0.05, 0.1) is 25.7 Å². The first-order valence-corrected chi connectivity index (χ1v) is 11.3. The van der Waals surface area contributed by atoms with E-state index in [1.54, 1.807) is 37.3 Å². The number of primary amides is 1. The second-order valence-electron chi connectivity index (χ2n) is 5.09. The van der Waals surface area contributed by atoms with Crippen LogP contribution in [0.2, 0.25) is 0 Å².